The lowest BCUT2D eigenvalue weighted by molar-refractivity contribution is 0.205. The van der Waals surface area contributed by atoms with Crippen LogP contribution in [0.5, 0.6) is 69.0 Å². The summed E-state index contributed by atoms with van der Waals surface area (Å²) in [7, 11) is 8.27. The summed E-state index contributed by atoms with van der Waals surface area (Å²) in [5.74, 6) is 6.44. The second kappa shape index (κ2) is 17.8. The molecule has 65 heavy (non-hydrogen) atoms. The van der Waals surface area contributed by atoms with E-state index in [2.05, 4.69) is 42.5 Å². The van der Waals surface area contributed by atoms with E-state index < -0.39 is 0 Å². The molecule has 12 aliphatic heterocycles. The van der Waals surface area contributed by atoms with Crippen molar-refractivity contribution in [1.82, 2.24) is 0 Å². The fraction of sp³-hybridized carbons (Fsp3) is 0.321. The summed E-state index contributed by atoms with van der Waals surface area (Å²) in [6.45, 7) is 1.32. The Kier molecular flexibility index (Phi) is 11.5. The van der Waals surface area contributed by atoms with Gasteiger partial charge in [0.15, 0.2) is 69.0 Å². The quantitative estimate of drug-likeness (QED) is 0.178. The molecule has 1 N–H and O–H groups in total. The fourth-order valence-electron chi connectivity index (χ4n) is 9.47. The molecule has 0 amide bonds. The number of ether oxygens (including phenoxy) is 11. The van der Waals surface area contributed by atoms with E-state index in [-0.39, 0.29) is 45.4 Å². The maximum Gasteiger partial charge on any atom is 0.161 e. The normalized spacial score (nSPS) is 14.9. The van der Waals surface area contributed by atoms with Crippen LogP contribution in [-0.2, 0) is 38.5 Å². The summed E-state index contributed by atoms with van der Waals surface area (Å²) < 4.78 is 68.7. The molecule has 0 atom stereocenters. The number of hydrogen-bond donors (Lipinski definition) is 1. The molecule has 336 valence electrons. The maximum atomic E-state index is 11.5. The van der Waals surface area contributed by atoms with E-state index in [1.807, 2.05) is 24.3 Å². The SMILES string of the molecule is COc1cc2c3cc1OCCOc1cc4c(cc1O)Cc1cc5c(OC)cc1Cc1cc(c(OC)cc1C4)OCCOc1cc(c(cc1OC)Cc1cc(c(OC)cc1C3)OCCO5)C2. The van der Waals surface area contributed by atoms with E-state index >= 15 is 0 Å². The Labute approximate surface area is 378 Å². The van der Waals surface area contributed by atoms with Crippen molar-refractivity contribution in [1.29, 1.82) is 0 Å². The summed E-state index contributed by atoms with van der Waals surface area (Å²) in [6.07, 6.45) is 3.38. The van der Waals surface area contributed by atoms with Gasteiger partial charge in [-0.1, -0.05) is 0 Å². The van der Waals surface area contributed by atoms with Gasteiger partial charge in [-0.2, -0.15) is 0 Å². The number of rotatable bonds is 5. The Morgan fingerprint density at radius 3 is 0.692 bits per heavy atom. The molecule has 6 aromatic rings. The maximum absolute atomic E-state index is 11.5. The first-order valence-electron chi connectivity index (χ1n) is 21.9. The van der Waals surface area contributed by atoms with Crippen molar-refractivity contribution in [3.05, 3.63) is 140 Å². The minimum absolute atomic E-state index is 0.0408. The predicted molar refractivity (Wildman–Crippen MR) is 243 cm³/mol. The van der Waals surface area contributed by atoms with Crippen molar-refractivity contribution in [3.8, 4) is 69.0 Å². The molecule has 12 heteroatoms. The zero-order valence-electron chi connectivity index (χ0n) is 37.4. The Hall–Kier alpha value is -7.08. The highest BCUT2D eigenvalue weighted by Crippen LogP contribution is 2.44. The van der Waals surface area contributed by atoms with Crippen LogP contribution in [0.3, 0.4) is 0 Å². The summed E-state index contributed by atoms with van der Waals surface area (Å²) in [6, 6.07) is 24.3. The predicted octanol–water partition coefficient (Wildman–Crippen LogP) is 8.61. The summed E-state index contributed by atoms with van der Waals surface area (Å²) in [4.78, 5) is 0. The molecular weight excluding hydrogens is 829 g/mol. The van der Waals surface area contributed by atoms with E-state index in [9.17, 15) is 5.11 Å². The first kappa shape index (κ1) is 41.9. The highest BCUT2D eigenvalue weighted by atomic mass is 16.6. The average molecular weight is 881 g/mol. The first-order chi connectivity index (χ1) is 31.8. The summed E-state index contributed by atoms with van der Waals surface area (Å²) >= 11 is 0. The van der Waals surface area contributed by atoms with Crippen LogP contribution in [0, 0.1) is 0 Å². The van der Waals surface area contributed by atoms with E-state index in [0.717, 1.165) is 66.8 Å². The Morgan fingerprint density at radius 2 is 0.462 bits per heavy atom. The van der Waals surface area contributed by atoms with E-state index in [0.29, 0.717) is 102 Å². The number of benzene rings is 6. The Morgan fingerprint density at radius 1 is 0.277 bits per heavy atom. The van der Waals surface area contributed by atoms with Gasteiger partial charge in [-0.3, -0.25) is 0 Å². The number of hydrogen-bond acceptors (Lipinski definition) is 12. The highest BCUT2D eigenvalue weighted by Gasteiger charge is 2.26. The van der Waals surface area contributed by atoms with Gasteiger partial charge >= 0.3 is 0 Å². The van der Waals surface area contributed by atoms with Crippen molar-refractivity contribution >= 4 is 0 Å². The van der Waals surface area contributed by atoms with Gasteiger partial charge in [-0.25, -0.2) is 0 Å². The van der Waals surface area contributed by atoms with Crippen LogP contribution in [0.4, 0.5) is 0 Å². The van der Waals surface area contributed by atoms with Crippen molar-refractivity contribution in [2.45, 2.75) is 38.5 Å². The zero-order chi connectivity index (χ0) is 44.6. The van der Waals surface area contributed by atoms with Crippen molar-refractivity contribution in [2.75, 3.05) is 75.2 Å². The minimum Gasteiger partial charge on any atom is -0.504 e. The molecule has 0 spiro atoms. The molecule has 0 saturated heterocycles. The Balaban J connectivity index is 1.19. The molecule has 2 aliphatic carbocycles. The van der Waals surface area contributed by atoms with Gasteiger partial charge < -0.3 is 57.2 Å². The van der Waals surface area contributed by atoms with Gasteiger partial charge in [-0.15, -0.1) is 0 Å². The van der Waals surface area contributed by atoms with Gasteiger partial charge in [-0.05, 0) is 178 Å². The van der Waals surface area contributed by atoms with Crippen molar-refractivity contribution in [3.63, 3.8) is 0 Å². The van der Waals surface area contributed by atoms with E-state index in [1.165, 1.54) is 0 Å². The smallest absolute Gasteiger partial charge is 0.161 e. The molecule has 0 radical (unpaired) electrons. The first-order valence-corrected chi connectivity index (χ1v) is 21.9. The average Bonchev–Trinajstić information content (AvgIpc) is 3.40. The van der Waals surface area contributed by atoms with E-state index in [1.54, 1.807) is 41.6 Å². The molecule has 0 fully saturated rings. The number of phenolic OH excluding ortho intramolecular Hbond substituents is 1. The molecular formula is C53H52O12. The van der Waals surface area contributed by atoms with Crippen molar-refractivity contribution < 1.29 is 57.2 Å². The topological polar surface area (TPSA) is 122 Å². The third kappa shape index (κ3) is 8.29. The number of methoxy groups -OCH3 is 5. The van der Waals surface area contributed by atoms with Crippen LogP contribution in [-0.4, -0.2) is 80.3 Å². The van der Waals surface area contributed by atoms with Crippen LogP contribution in [0.1, 0.15) is 66.8 Å². The second-order valence-corrected chi connectivity index (χ2v) is 16.6. The summed E-state index contributed by atoms with van der Waals surface area (Å²) in [5, 5.41) is 11.5. The van der Waals surface area contributed by atoms with Crippen LogP contribution < -0.4 is 52.1 Å². The lowest BCUT2D eigenvalue weighted by Crippen LogP contribution is -2.12. The molecule has 12 heterocycles. The largest absolute Gasteiger partial charge is 0.504 e. The molecule has 0 saturated carbocycles. The van der Waals surface area contributed by atoms with Crippen molar-refractivity contribution in [2.24, 2.45) is 0 Å². The third-order valence-electron chi connectivity index (χ3n) is 12.8. The fourth-order valence-corrected chi connectivity index (χ4v) is 9.47. The molecule has 0 unspecified atom stereocenters. The third-order valence-corrected chi connectivity index (χ3v) is 12.8. The van der Waals surface area contributed by atoms with Gasteiger partial charge in [0.25, 0.3) is 0 Å². The molecule has 18 bridgehead atoms. The van der Waals surface area contributed by atoms with Crippen LogP contribution >= 0.6 is 0 Å². The number of aromatic hydroxyl groups is 1. The molecule has 0 aromatic heterocycles. The van der Waals surface area contributed by atoms with Crippen LogP contribution in [0.15, 0.2) is 72.8 Å². The zero-order valence-corrected chi connectivity index (χ0v) is 37.4. The highest BCUT2D eigenvalue weighted by molar-refractivity contribution is 5.60. The van der Waals surface area contributed by atoms with Crippen LogP contribution in [0.2, 0.25) is 0 Å². The minimum atomic E-state index is 0.0408. The molecule has 6 aromatic carbocycles. The monoisotopic (exact) mass is 880 g/mol. The van der Waals surface area contributed by atoms with Crippen LogP contribution in [0.25, 0.3) is 0 Å². The van der Waals surface area contributed by atoms with Gasteiger partial charge in [0, 0.05) is 0 Å². The summed E-state index contributed by atoms with van der Waals surface area (Å²) in [5.41, 5.74) is 12.5. The van der Waals surface area contributed by atoms with Gasteiger partial charge in [0.05, 0.1) is 35.5 Å². The lowest BCUT2D eigenvalue weighted by atomic mass is 9.94. The number of phenols is 1. The van der Waals surface area contributed by atoms with E-state index in [4.69, 9.17) is 52.1 Å². The molecule has 12 nitrogen and oxygen atoms in total. The standard InChI is InChI=1S/C53H52O12/c1-55-44-20-32-13-31-19-43-42(54)18-30(31)12-37-25-49-45(56-2)21-33(37)14-38(32)26-51(44)63-10-11-65-53-28-40-16-34-22-46(57-3)50(61-7-6-60-43)27-39(34)15-35-23-47(58-4)52(64-9-8-62-49)29-41(35)17-36(40)24-48(53)59-5/h18-29,54H,6-17H2,1-5H3. The van der Waals surface area contributed by atoms with Gasteiger partial charge in [0.1, 0.15) is 39.6 Å². The molecule has 20 rings (SSSR count). The lowest BCUT2D eigenvalue weighted by Gasteiger charge is -2.20. The van der Waals surface area contributed by atoms with Gasteiger partial charge in [0.2, 0.25) is 0 Å². The Bertz CT molecular complexity index is 2780. The molecule has 14 aliphatic rings. The second-order valence-electron chi connectivity index (χ2n) is 16.6.